The van der Waals surface area contributed by atoms with Crippen molar-refractivity contribution in [1.29, 1.82) is 0 Å². The van der Waals surface area contributed by atoms with E-state index < -0.39 is 0 Å². The molecule has 0 spiro atoms. The number of hydrogen-bond donors (Lipinski definition) is 1. The van der Waals surface area contributed by atoms with Crippen molar-refractivity contribution in [1.82, 2.24) is 5.32 Å². The van der Waals surface area contributed by atoms with E-state index in [1.54, 1.807) is 0 Å². The summed E-state index contributed by atoms with van der Waals surface area (Å²) in [7, 11) is 0. The standard InChI is InChI=1S/C14H29NO/c1-4-13-6-8-14(9-7-13)16-11-5-10-15-12(2)3/h12-15H,4-11H2,1-3H3. The van der Waals surface area contributed by atoms with E-state index in [1.165, 1.54) is 32.1 Å². The highest BCUT2D eigenvalue weighted by Gasteiger charge is 2.19. The van der Waals surface area contributed by atoms with Gasteiger partial charge in [0, 0.05) is 12.6 Å². The van der Waals surface area contributed by atoms with Crippen LogP contribution in [0.15, 0.2) is 0 Å². The summed E-state index contributed by atoms with van der Waals surface area (Å²) in [6.07, 6.45) is 8.39. The summed E-state index contributed by atoms with van der Waals surface area (Å²) in [4.78, 5) is 0. The van der Waals surface area contributed by atoms with Gasteiger partial charge in [-0.15, -0.1) is 0 Å². The first kappa shape index (κ1) is 14.0. The van der Waals surface area contributed by atoms with Crippen molar-refractivity contribution < 1.29 is 4.74 Å². The van der Waals surface area contributed by atoms with Gasteiger partial charge in [-0.05, 0) is 44.6 Å². The fraction of sp³-hybridized carbons (Fsp3) is 1.00. The maximum atomic E-state index is 5.92. The minimum atomic E-state index is 0.557. The smallest absolute Gasteiger partial charge is 0.0575 e. The van der Waals surface area contributed by atoms with Crippen molar-refractivity contribution in [2.45, 2.75) is 71.4 Å². The molecule has 0 atom stereocenters. The predicted molar refractivity (Wildman–Crippen MR) is 69.7 cm³/mol. The van der Waals surface area contributed by atoms with Crippen molar-refractivity contribution in [3.05, 3.63) is 0 Å². The first-order valence-corrected chi connectivity index (χ1v) is 7.07. The lowest BCUT2D eigenvalue weighted by atomic mass is 9.86. The van der Waals surface area contributed by atoms with Crippen LogP contribution >= 0.6 is 0 Å². The van der Waals surface area contributed by atoms with Gasteiger partial charge in [0.05, 0.1) is 6.10 Å². The lowest BCUT2D eigenvalue weighted by Crippen LogP contribution is -2.26. The largest absolute Gasteiger partial charge is 0.378 e. The fourth-order valence-electron chi connectivity index (χ4n) is 2.42. The highest BCUT2D eigenvalue weighted by Crippen LogP contribution is 2.28. The molecule has 0 aromatic rings. The maximum Gasteiger partial charge on any atom is 0.0575 e. The molecule has 0 unspecified atom stereocenters. The molecule has 0 aliphatic heterocycles. The van der Waals surface area contributed by atoms with E-state index in [-0.39, 0.29) is 0 Å². The zero-order chi connectivity index (χ0) is 11.8. The van der Waals surface area contributed by atoms with E-state index in [0.717, 1.165) is 25.5 Å². The monoisotopic (exact) mass is 227 g/mol. The average Bonchev–Trinajstić information content (AvgIpc) is 2.29. The Morgan fingerprint density at radius 2 is 1.88 bits per heavy atom. The van der Waals surface area contributed by atoms with E-state index in [1.807, 2.05) is 0 Å². The quantitative estimate of drug-likeness (QED) is 0.673. The van der Waals surface area contributed by atoms with Gasteiger partial charge in [0.15, 0.2) is 0 Å². The van der Waals surface area contributed by atoms with Crippen LogP contribution in [0.3, 0.4) is 0 Å². The highest BCUT2D eigenvalue weighted by atomic mass is 16.5. The van der Waals surface area contributed by atoms with Gasteiger partial charge in [-0.25, -0.2) is 0 Å². The minimum absolute atomic E-state index is 0.557. The third kappa shape index (κ3) is 5.86. The SMILES string of the molecule is CCC1CCC(OCCCNC(C)C)CC1. The summed E-state index contributed by atoms with van der Waals surface area (Å²) in [5.41, 5.74) is 0. The Balaban J connectivity index is 1.94. The fourth-order valence-corrected chi connectivity index (χ4v) is 2.42. The van der Waals surface area contributed by atoms with Gasteiger partial charge in [0.25, 0.3) is 0 Å². The van der Waals surface area contributed by atoms with E-state index >= 15 is 0 Å². The molecule has 1 aliphatic rings. The van der Waals surface area contributed by atoms with Crippen LogP contribution in [0.4, 0.5) is 0 Å². The predicted octanol–water partition coefficient (Wildman–Crippen LogP) is 3.36. The molecule has 16 heavy (non-hydrogen) atoms. The van der Waals surface area contributed by atoms with Gasteiger partial charge in [-0.2, -0.15) is 0 Å². The summed E-state index contributed by atoms with van der Waals surface area (Å²) in [5.74, 6) is 0.974. The van der Waals surface area contributed by atoms with Crippen LogP contribution < -0.4 is 5.32 Å². The third-order valence-corrected chi connectivity index (χ3v) is 3.60. The van der Waals surface area contributed by atoms with Crippen LogP contribution in [-0.2, 0) is 4.74 Å². The first-order chi connectivity index (χ1) is 7.72. The Labute approximate surface area is 101 Å². The Morgan fingerprint density at radius 3 is 2.44 bits per heavy atom. The van der Waals surface area contributed by atoms with E-state index in [0.29, 0.717) is 12.1 Å². The topological polar surface area (TPSA) is 21.3 Å². The molecule has 0 bridgehead atoms. The van der Waals surface area contributed by atoms with Crippen LogP contribution in [0.25, 0.3) is 0 Å². The molecule has 2 nitrogen and oxygen atoms in total. The zero-order valence-corrected chi connectivity index (χ0v) is 11.3. The van der Waals surface area contributed by atoms with Crippen molar-refractivity contribution in [2.24, 2.45) is 5.92 Å². The van der Waals surface area contributed by atoms with E-state index in [4.69, 9.17) is 4.74 Å². The molecule has 1 N–H and O–H groups in total. The van der Waals surface area contributed by atoms with Crippen molar-refractivity contribution in [3.8, 4) is 0 Å². The van der Waals surface area contributed by atoms with Crippen LogP contribution in [0.1, 0.15) is 59.3 Å². The number of rotatable bonds is 7. The maximum absolute atomic E-state index is 5.92. The number of hydrogen-bond acceptors (Lipinski definition) is 2. The van der Waals surface area contributed by atoms with Crippen LogP contribution in [0.5, 0.6) is 0 Å². The van der Waals surface area contributed by atoms with Crippen LogP contribution in [0.2, 0.25) is 0 Å². The molecule has 1 aliphatic carbocycles. The molecular formula is C14H29NO. The highest BCUT2D eigenvalue weighted by molar-refractivity contribution is 4.71. The molecule has 1 saturated carbocycles. The summed E-state index contributed by atoms with van der Waals surface area (Å²) in [5, 5.41) is 3.42. The molecule has 0 aromatic carbocycles. The molecule has 0 amide bonds. The Hall–Kier alpha value is -0.0800. The summed E-state index contributed by atoms with van der Waals surface area (Å²) >= 11 is 0. The molecule has 0 radical (unpaired) electrons. The van der Waals surface area contributed by atoms with Gasteiger partial charge in [0.2, 0.25) is 0 Å². The second-order valence-electron chi connectivity index (χ2n) is 5.38. The van der Waals surface area contributed by atoms with E-state index in [2.05, 4.69) is 26.1 Å². The number of nitrogens with one attached hydrogen (secondary N) is 1. The normalized spacial score (nSPS) is 26.2. The summed E-state index contributed by atoms with van der Waals surface area (Å²) in [6, 6.07) is 0.597. The zero-order valence-electron chi connectivity index (χ0n) is 11.3. The van der Waals surface area contributed by atoms with Gasteiger partial charge in [0.1, 0.15) is 0 Å². The van der Waals surface area contributed by atoms with Gasteiger partial charge in [-0.3, -0.25) is 0 Å². The van der Waals surface area contributed by atoms with Crippen molar-refractivity contribution in [2.75, 3.05) is 13.2 Å². The van der Waals surface area contributed by atoms with Crippen molar-refractivity contribution >= 4 is 0 Å². The molecule has 2 heteroatoms. The van der Waals surface area contributed by atoms with Gasteiger partial charge < -0.3 is 10.1 Å². The Morgan fingerprint density at radius 1 is 1.19 bits per heavy atom. The minimum Gasteiger partial charge on any atom is -0.378 e. The summed E-state index contributed by atoms with van der Waals surface area (Å²) < 4.78 is 5.92. The molecule has 96 valence electrons. The average molecular weight is 227 g/mol. The molecule has 0 heterocycles. The van der Waals surface area contributed by atoms with Crippen LogP contribution in [0, 0.1) is 5.92 Å². The first-order valence-electron chi connectivity index (χ1n) is 7.07. The molecule has 1 fully saturated rings. The Kier molecular flexibility index (Phi) is 7.06. The van der Waals surface area contributed by atoms with Gasteiger partial charge >= 0.3 is 0 Å². The van der Waals surface area contributed by atoms with Gasteiger partial charge in [-0.1, -0.05) is 27.2 Å². The molecule has 0 aromatic heterocycles. The lowest BCUT2D eigenvalue weighted by molar-refractivity contribution is 0.0166. The molecular weight excluding hydrogens is 198 g/mol. The molecule has 1 rings (SSSR count). The number of ether oxygens (including phenoxy) is 1. The summed E-state index contributed by atoms with van der Waals surface area (Å²) in [6.45, 7) is 8.70. The molecule has 0 saturated heterocycles. The second-order valence-corrected chi connectivity index (χ2v) is 5.38. The van der Waals surface area contributed by atoms with Crippen molar-refractivity contribution in [3.63, 3.8) is 0 Å². The van der Waals surface area contributed by atoms with E-state index in [9.17, 15) is 0 Å². The Bertz CT molecular complexity index is 162. The van der Waals surface area contributed by atoms with Crippen LogP contribution in [-0.4, -0.2) is 25.3 Å². The third-order valence-electron chi connectivity index (χ3n) is 3.60. The second kappa shape index (κ2) is 8.08. The lowest BCUT2D eigenvalue weighted by Gasteiger charge is -2.27.